The SMILES string of the molecule is CCCC/C(Cl)=C\S(F)(F)(F)(F)c1ccc(C)cc1. The van der Waals surface area contributed by atoms with E-state index < -0.39 is 19.8 Å². The molecule has 0 amide bonds. The zero-order valence-electron chi connectivity index (χ0n) is 10.8. The Balaban J connectivity index is 3.25. The summed E-state index contributed by atoms with van der Waals surface area (Å²) in [6, 6.07) is 4.00. The Morgan fingerprint density at radius 3 is 2.16 bits per heavy atom. The number of benzene rings is 1. The van der Waals surface area contributed by atoms with Crippen LogP contribution in [0.15, 0.2) is 39.6 Å². The lowest BCUT2D eigenvalue weighted by Crippen LogP contribution is -2.10. The standard InChI is InChI=1S/C13H17ClF4S/c1-3-4-5-12(14)10-19(15,16,17,18)13-8-6-11(2)7-9-13/h6-10H,3-5H2,1-2H3/b12-10+. The average Bonchev–Trinajstić information content (AvgIpc) is 2.24. The van der Waals surface area contributed by atoms with E-state index in [0.717, 1.165) is 12.1 Å². The maximum absolute atomic E-state index is 14.0. The van der Waals surface area contributed by atoms with Crippen LogP contribution in [-0.2, 0) is 0 Å². The lowest BCUT2D eigenvalue weighted by atomic mass is 10.2. The van der Waals surface area contributed by atoms with Crippen molar-refractivity contribution in [2.24, 2.45) is 0 Å². The van der Waals surface area contributed by atoms with Crippen LogP contribution in [0, 0.1) is 6.92 Å². The highest BCUT2D eigenvalue weighted by Gasteiger charge is 2.62. The molecule has 0 unspecified atom stereocenters. The maximum atomic E-state index is 14.0. The molecule has 0 bridgehead atoms. The fraction of sp³-hybridized carbons (Fsp3) is 0.385. The highest BCUT2D eigenvalue weighted by molar-refractivity contribution is 8.52. The molecule has 0 N–H and O–H groups in total. The fourth-order valence-corrected chi connectivity index (χ4v) is 3.70. The Kier molecular flexibility index (Phi) is 4.05. The second kappa shape index (κ2) is 4.70. The molecular weight excluding hydrogens is 300 g/mol. The molecule has 19 heavy (non-hydrogen) atoms. The smallest absolute Gasteiger partial charge is 0.117 e. The molecule has 0 heterocycles. The van der Waals surface area contributed by atoms with E-state index in [9.17, 15) is 15.5 Å². The van der Waals surface area contributed by atoms with Crippen molar-refractivity contribution in [1.29, 1.82) is 0 Å². The summed E-state index contributed by atoms with van der Waals surface area (Å²) in [6.45, 7) is 3.47. The molecule has 1 rings (SSSR count). The Morgan fingerprint density at radius 2 is 1.68 bits per heavy atom. The number of rotatable bonds is 5. The lowest BCUT2D eigenvalue weighted by molar-refractivity contribution is 0.465. The van der Waals surface area contributed by atoms with Gasteiger partial charge in [-0.15, -0.1) is 15.5 Å². The Labute approximate surface area is 115 Å². The van der Waals surface area contributed by atoms with Gasteiger partial charge in [0.05, 0.1) is 10.3 Å². The van der Waals surface area contributed by atoms with E-state index in [-0.39, 0.29) is 11.8 Å². The summed E-state index contributed by atoms with van der Waals surface area (Å²) in [4.78, 5) is -1.26. The largest absolute Gasteiger partial charge is 0.204 e. The Bertz CT molecular complexity index is 486. The summed E-state index contributed by atoms with van der Waals surface area (Å²) in [7, 11) is -8.43. The quantitative estimate of drug-likeness (QED) is 0.511. The zero-order valence-corrected chi connectivity index (χ0v) is 12.4. The van der Waals surface area contributed by atoms with Gasteiger partial charge < -0.3 is 0 Å². The molecular formula is C13H17ClF4S. The molecule has 0 aliphatic carbocycles. The summed E-state index contributed by atoms with van der Waals surface area (Å²) in [5.74, 6) is 0. The lowest BCUT2D eigenvalue weighted by Gasteiger charge is -2.47. The van der Waals surface area contributed by atoms with E-state index >= 15 is 0 Å². The summed E-state index contributed by atoms with van der Waals surface area (Å²) < 4.78 is 55.9. The molecule has 0 fully saturated rings. The highest BCUT2D eigenvalue weighted by Crippen LogP contribution is 3.02. The molecule has 110 valence electrons. The van der Waals surface area contributed by atoms with Crippen LogP contribution in [-0.4, -0.2) is 0 Å². The van der Waals surface area contributed by atoms with Crippen LogP contribution in [0.25, 0.3) is 0 Å². The molecule has 1 aromatic carbocycles. The minimum absolute atomic E-state index is 0.0333. The van der Waals surface area contributed by atoms with E-state index in [1.807, 2.05) is 6.92 Å². The van der Waals surface area contributed by atoms with E-state index in [1.165, 1.54) is 12.1 Å². The van der Waals surface area contributed by atoms with Crippen molar-refractivity contribution >= 4 is 21.4 Å². The number of unbranched alkanes of at least 4 members (excludes halogenated alkanes) is 1. The van der Waals surface area contributed by atoms with Crippen molar-refractivity contribution in [3.63, 3.8) is 0 Å². The first-order chi connectivity index (χ1) is 8.47. The predicted molar refractivity (Wildman–Crippen MR) is 74.9 cm³/mol. The molecule has 1 aromatic rings. The second-order valence-corrected chi connectivity index (χ2v) is 8.07. The van der Waals surface area contributed by atoms with Crippen LogP contribution in [0.2, 0.25) is 0 Å². The summed E-state index contributed by atoms with van der Waals surface area (Å²) in [6.07, 6.45) is 1.23. The molecule has 0 radical (unpaired) electrons. The first-order valence-electron chi connectivity index (χ1n) is 5.92. The van der Waals surface area contributed by atoms with E-state index in [2.05, 4.69) is 0 Å². The van der Waals surface area contributed by atoms with Gasteiger partial charge in [0, 0.05) is 5.03 Å². The third-order valence-electron chi connectivity index (χ3n) is 2.65. The minimum Gasteiger partial charge on any atom is -0.117 e. The van der Waals surface area contributed by atoms with Crippen LogP contribution in [0.1, 0.15) is 31.7 Å². The molecule has 0 aliphatic rings. The van der Waals surface area contributed by atoms with Crippen LogP contribution < -0.4 is 0 Å². The third-order valence-corrected chi connectivity index (χ3v) is 5.09. The third kappa shape index (κ3) is 4.42. The molecule has 6 heteroatoms. The number of aryl methyl sites for hydroxylation is 1. The van der Waals surface area contributed by atoms with Gasteiger partial charge in [-0.1, -0.05) is 42.6 Å². The molecule has 0 spiro atoms. The van der Waals surface area contributed by atoms with Crippen molar-refractivity contribution < 1.29 is 15.5 Å². The molecule has 0 saturated carbocycles. The monoisotopic (exact) mass is 316 g/mol. The highest BCUT2D eigenvalue weighted by atomic mass is 35.5. The maximum Gasteiger partial charge on any atom is 0.204 e. The van der Waals surface area contributed by atoms with Gasteiger partial charge in [0.1, 0.15) is 0 Å². The van der Waals surface area contributed by atoms with Gasteiger partial charge in [-0.25, -0.2) is 0 Å². The van der Waals surface area contributed by atoms with Crippen molar-refractivity contribution in [2.75, 3.05) is 0 Å². The molecule has 0 atom stereocenters. The van der Waals surface area contributed by atoms with Crippen LogP contribution in [0.3, 0.4) is 0 Å². The predicted octanol–water partition coefficient (Wildman–Crippen LogP) is 7.04. The molecule has 0 aliphatic heterocycles. The minimum atomic E-state index is -8.43. The van der Waals surface area contributed by atoms with Gasteiger partial charge in [-0.2, -0.15) is 0 Å². The van der Waals surface area contributed by atoms with Gasteiger partial charge >= 0.3 is 0 Å². The summed E-state index contributed by atoms with van der Waals surface area (Å²) >= 11 is 5.54. The van der Waals surface area contributed by atoms with Gasteiger partial charge in [0.2, 0.25) is 9.84 Å². The average molecular weight is 317 g/mol. The molecule has 0 aromatic heterocycles. The zero-order chi connectivity index (χ0) is 14.8. The van der Waals surface area contributed by atoms with Gasteiger partial charge in [-0.3, -0.25) is 0 Å². The van der Waals surface area contributed by atoms with Gasteiger partial charge in [0.15, 0.2) is 0 Å². The fourth-order valence-electron chi connectivity index (χ4n) is 1.55. The first-order valence-corrected chi connectivity index (χ1v) is 8.41. The topological polar surface area (TPSA) is 0 Å². The molecule has 0 saturated heterocycles. The van der Waals surface area contributed by atoms with Crippen molar-refractivity contribution in [1.82, 2.24) is 0 Å². The van der Waals surface area contributed by atoms with E-state index in [4.69, 9.17) is 11.6 Å². The van der Waals surface area contributed by atoms with Crippen LogP contribution in [0.5, 0.6) is 0 Å². The van der Waals surface area contributed by atoms with Crippen molar-refractivity contribution in [3.8, 4) is 0 Å². The second-order valence-electron chi connectivity index (χ2n) is 4.61. The first kappa shape index (κ1) is 16.4. The summed E-state index contributed by atoms with van der Waals surface area (Å²) in [5, 5.41) is -0.805. The molecule has 0 nitrogen and oxygen atoms in total. The van der Waals surface area contributed by atoms with Crippen molar-refractivity contribution in [2.45, 2.75) is 38.0 Å². The summed E-state index contributed by atoms with van der Waals surface area (Å²) in [5.41, 5.74) is 0.637. The van der Waals surface area contributed by atoms with E-state index in [0.29, 0.717) is 18.4 Å². The van der Waals surface area contributed by atoms with Gasteiger partial charge in [-0.05, 0) is 31.9 Å². The number of hydrogen-bond donors (Lipinski definition) is 0. The Morgan fingerprint density at radius 1 is 1.16 bits per heavy atom. The number of hydrogen-bond acceptors (Lipinski definition) is 0. The van der Waals surface area contributed by atoms with E-state index in [1.54, 1.807) is 6.92 Å². The van der Waals surface area contributed by atoms with Gasteiger partial charge in [0.25, 0.3) is 0 Å². The Hall–Kier alpha value is -0.680. The van der Waals surface area contributed by atoms with Crippen LogP contribution in [0.4, 0.5) is 15.5 Å². The normalized spacial score (nSPS) is 16.9. The van der Waals surface area contributed by atoms with Crippen LogP contribution >= 0.6 is 21.4 Å². The number of allylic oxidation sites excluding steroid dienone is 1. The van der Waals surface area contributed by atoms with Crippen molar-refractivity contribution in [3.05, 3.63) is 40.3 Å². The number of halogens is 5.